The maximum atomic E-state index is 14.8. The zero-order valence-corrected chi connectivity index (χ0v) is 36.5. The van der Waals surface area contributed by atoms with Crippen LogP contribution in [0.1, 0.15) is 31.2 Å². The summed E-state index contributed by atoms with van der Waals surface area (Å²) in [6, 6.07) is 84.6. The van der Waals surface area contributed by atoms with Crippen LogP contribution in [0.2, 0.25) is 0 Å². The zero-order chi connectivity index (χ0) is 40.6. The predicted molar refractivity (Wildman–Crippen MR) is 249 cm³/mol. The largest absolute Gasteiger partial charge is 0.214 e. The van der Waals surface area contributed by atoms with Gasteiger partial charge in [-0.2, -0.15) is 18.2 Å². The third-order valence-electron chi connectivity index (χ3n) is 10.5. The predicted octanol–water partition coefficient (Wildman–Crippen LogP) is 11.2. The Morgan fingerprint density at radius 2 is 0.729 bits per heavy atom. The molecule has 0 bridgehead atoms. The normalized spacial score (nSPS) is 17.7. The monoisotopic (exact) mass is 895 g/mol. The van der Waals surface area contributed by atoms with Crippen LogP contribution >= 0.6 is 15.8 Å². The van der Waals surface area contributed by atoms with Gasteiger partial charge in [-0.1, -0.05) is 182 Å². The van der Waals surface area contributed by atoms with E-state index in [4.69, 9.17) is 4.74 Å². The van der Waals surface area contributed by atoms with Gasteiger partial charge < -0.3 is 0 Å². The first-order valence-electron chi connectivity index (χ1n) is 20.1. The van der Waals surface area contributed by atoms with Crippen LogP contribution in [0.5, 0.6) is 0 Å². The molecule has 0 radical (unpaired) electrons. The minimum atomic E-state index is -1.48. The van der Waals surface area contributed by atoms with Gasteiger partial charge in [0.05, 0.1) is 0 Å². The van der Waals surface area contributed by atoms with Gasteiger partial charge in [0.25, 0.3) is 0 Å². The molecule has 1 nitrogen and oxygen atoms in total. The van der Waals surface area contributed by atoms with Gasteiger partial charge in [-0.3, -0.25) is 0 Å². The summed E-state index contributed by atoms with van der Waals surface area (Å²) < 4.78 is 21.1. The van der Waals surface area contributed by atoms with Crippen molar-refractivity contribution in [2.45, 2.75) is 37.0 Å². The van der Waals surface area contributed by atoms with Gasteiger partial charge in [0.15, 0.2) is 0 Å². The molecule has 0 aromatic heterocycles. The minimum absolute atomic E-state index is 0.436. The summed E-state index contributed by atoms with van der Waals surface area (Å²) in [6.07, 6.45) is 3.00. The van der Waals surface area contributed by atoms with Gasteiger partial charge in [0, 0.05) is 0 Å². The van der Waals surface area contributed by atoms with Gasteiger partial charge in [-0.05, 0) is 47.7 Å². The Kier molecular flexibility index (Phi) is 15.3. The molecule has 5 heteroatoms. The van der Waals surface area contributed by atoms with Crippen LogP contribution in [0.25, 0.3) is 0 Å². The molecule has 1 saturated heterocycles. The zero-order valence-electron chi connectivity index (χ0n) is 33.0. The molecule has 1 aliphatic carbocycles. The van der Waals surface area contributed by atoms with Crippen LogP contribution in [-0.4, -0.2) is 10.1 Å². The van der Waals surface area contributed by atoms with E-state index in [1.54, 1.807) is 0 Å². The van der Waals surface area contributed by atoms with Crippen LogP contribution < -0.4 is 31.8 Å². The van der Waals surface area contributed by atoms with Crippen LogP contribution in [0, 0.1) is 0 Å². The van der Waals surface area contributed by atoms with Crippen molar-refractivity contribution in [3.63, 3.8) is 0 Å². The molecular weight excluding hydrogens is 847 g/mol. The van der Waals surface area contributed by atoms with E-state index >= 15 is 0 Å². The molecule has 2 fully saturated rings. The molecule has 10 rings (SSSR count). The average molecular weight is 895 g/mol. The van der Waals surface area contributed by atoms with Gasteiger partial charge in [0.1, 0.15) is 0 Å². The molecule has 0 amide bonds. The summed E-state index contributed by atoms with van der Waals surface area (Å²) in [5.41, 5.74) is 0.643. The number of hydrogen-bond acceptors (Lipinski definition) is 1. The van der Waals surface area contributed by atoms with Crippen molar-refractivity contribution in [1.29, 1.82) is 0 Å². The van der Waals surface area contributed by atoms with E-state index in [1.165, 1.54) is 31.8 Å². The first-order chi connectivity index (χ1) is 29.1. The topological polar surface area (TPSA) is 9.23 Å². The maximum absolute atomic E-state index is 14.8. The number of rotatable bonds is 7. The second kappa shape index (κ2) is 21.4. The molecule has 295 valence electrons. The van der Waals surface area contributed by atoms with Crippen molar-refractivity contribution in [1.82, 2.24) is 0 Å². The fourth-order valence-corrected chi connectivity index (χ4v) is 13.2. The SMILES string of the molecule is F[C@]12CCC[C@@]1(c1ccccc1)C[C](=[Ru+])O2.c1cc[cH-]c1.c1ccc(P(c2ccccc2)c2ccccc2)cc1.c1ccc(P(c2ccccc2)c2ccccc2)cc1. The Labute approximate surface area is 362 Å². The van der Waals surface area contributed by atoms with Gasteiger partial charge >= 0.3 is 104 Å². The molecule has 8 aromatic carbocycles. The second-order valence-corrected chi connectivity index (χ2v) is 19.7. The van der Waals surface area contributed by atoms with Crippen molar-refractivity contribution in [2.75, 3.05) is 0 Å². The number of benzene rings is 7. The molecular formula is C54H48FOP2Ru. The van der Waals surface area contributed by atoms with Crippen molar-refractivity contribution >= 4 is 52.0 Å². The molecule has 1 heterocycles. The summed E-state index contributed by atoms with van der Waals surface area (Å²) in [4.78, 5) is 0. The Morgan fingerprint density at radius 3 is 1.02 bits per heavy atom. The van der Waals surface area contributed by atoms with Gasteiger partial charge in [-0.25, -0.2) is 12.1 Å². The summed E-state index contributed by atoms with van der Waals surface area (Å²) in [5.74, 6) is -1.48. The van der Waals surface area contributed by atoms with Crippen LogP contribution in [-0.2, 0) is 28.0 Å². The molecule has 8 aromatic rings. The van der Waals surface area contributed by atoms with Crippen molar-refractivity contribution < 1.29 is 27.0 Å². The average Bonchev–Trinajstić information content (AvgIpc) is 4.05. The molecule has 2 atom stereocenters. The molecule has 1 aliphatic heterocycles. The Hall–Kier alpha value is -4.87. The van der Waals surface area contributed by atoms with Crippen molar-refractivity contribution in [3.8, 4) is 0 Å². The molecule has 59 heavy (non-hydrogen) atoms. The Morgan fingerprint density at radius 1 is 0.424 bits per heavy atom. The molecule has 2 aliphatic rings. The Bertz CT molecular complexity index is 2060. The molecule has 1 saturated carbocycles. The number of alkyl halides is 1. The standard InChI is InChI=1S/2C18H15P.C13H13FO.C5H5.Ru/c2*1-4-10-16(11-5-1)19(17-12-6-2-7-13-17)18-14-8-3-9-15-18;14-13-8-4-7-12(13,9-10-15-13)11-5-2-1-3-6-11;1-2-4-5-3-1;/h2*1-15H;1-3,5-6H,4,7-9H2;1-5H;/q;;;-1;+1/t;;12-,13-;;/m..0../s1. The summed E-state index contributed by atoms with van der Waals surface area (Å²) in [7, 11) is -0.892. The van der Waals surface area contributed by atoms with E-state index in [9.17, 15) is 4.39 Å². The van der Waals surface area contributed by atoms with Gasteiger partial charge in [-0.15, -0.1) is 0 Å². The number of ether oxygens (including phenoxy) is 1. The Balaban J connectivity index is 0.000000127. The van der Waals surface area contributed by atoms with Crippen LogP contribution in [0.15, 0.2) is 243 Å². The van der Waals surface area contributed by atoms with Crippen molar-refractivity contribution in [3.05, 3.63) is 248 Å². The van der Waals surface area contributed by atoms with Crippen LogP contribution in [0.3, 0.4) is 0 Å². The molecule has 0 spiro atoms. The van der Waals surface area contributed by atoms with Crippen LogP contribution in [0.4, 0.5) is 4.39 Å². The van der Waals surface area contributed by atoms with E-state index in [-0.39, 0.29) is 0 Å². The summed E-state index contributed by atoms with van der Waals surface area (Å²) >= 11 is 2.42. The quantitative estimate of drug-likeness (QED) is 0.0880. The molecule has 0 N–H and O–H groups in total. The van der Waals surface area contributed by atoms with E-state index in [0.29, 0.717) is 12.8 Å². The fourth-order valence-electron chi connectivity index (χ4n) is 7.75. The van der Waals surface area contributed by atoms with Gasteiger partial charge in [0.2, 0.25) is 0 Å². The second-order valence-electron chi connectivity index (χ2n) is 14.3. The number of hydrogen-bond donors (Lipinski definition) is 0. The first kappa shape index (κ1) is 42.3. The first-order valence-corrected chi connectivity index (χ1v) is 23.6. The third-order valence-corrected chi connectivity index (χ3v) is 15.9. The number of fused-ring (bicyclic) bond motifs is 1. The smallest absolute Gasteiger partial charge is 0.0134 e. The minimum Gasteiger partial charge on any atom is -0.214 e. The maximum Gasteiger partial charge on any atom is -0.0134 e. The van der Waals surface area contributed by atoms with E-state index in [0.717, 1.165) is 22.7 Å². The summed E-state index contributed by atoms with van der Waals surface area (Å²) in [6.45, 7) is 0. The number of halogens is 1. The summed E-state index contributed by atoms with van der Waals surface area (Å²) in [5, 5.41) is 8.39. The van der Waals surface area contributed by atoms with Crippen molar-refractivity contribution in [2.24, 2.45) is 0 Å². The van der Waals surface area contributed by atoms with E-state index in [2.05, 4.69) is 200 Å². The van der Waals surface area contributed by atoms with E-state index in [1.807, 2.05) is 60.7 Å². The van der Waals surface area contributed by atoms with E-state index < -0.39 is 27.1 Å². The molecule has 0 unspecified atom stereocenters. The fraction of sp³-hybridized carbons (Fsp3) is 0.111. The third kappa shape index (κ3) is 10.9.